The molecule has 2 rings (SSSR count). The van der Waals surface area contributed by atoms with Gasteiger partial charge in [-0.05, 0) is 18.4 Å². The molecule has 1 aromatic carbocycles. The molecule has 1 aromatic heterocycles. The number of aromatic amines is 1. The number of aryl methyl sites for hydroxylation is 1. The number of rotatable bonds is 9. The lowest BCUT2D eigenvalue weighted by Crippen LogP contribution is -1.87. The molecule has 0 fully saturated rings. The van der Waals surface area contributed by atoms with Gasteiger partial charge in [-0.2, -0.15) is 0 Å². The fourth-order valence-electron chi connectivity index (χ4n) is 2.54. The van der Waals surface area contributed by atoms with Crippen molar-refractivity contribution in [1.29, 1.82) is 0 Å². The standard InChI is InChI=1S/C18H26N2/c1-2-3-4-5-6-7-8-9-16-10-12-17(13-11-16)18-19-14-15-20-18/h10-15H,2-9H2,1H3,(H,19,20). The second kappa shape index (κ2) is 8.57. The second-order valence-corrected chi connectivity index (χ2v) is 5.51. The average molecular weight is 270 g/mol. The Morgan fingerprint density at radius 1 is 0.900 bits per heavy atom. The first kappa shape index (κ1) is 14.8. The summed E-state index contributed by atoms with van der Waals surface area (Å²) < 4.78 is 0. The summed E-state index contributed by atoms with van der Waals surface area (Å²) in [4.78, 5) is 7.41. The topological polar surface area (TPSA) is 28.7 Å². The van der Waals surface area contributed by atoms with E-state index in [-0.39, 0.29) is 0 Å². The Morgan fingerprint density at radius 2 is 1.60 bits per heavy atom. The zero-order valence-corrected chi connectivity index (χ0v) is 12.6. The molecule has 0 radical (unpaired) electrons. The molecule has 0 aliphatic carbocycles. The molecule has 0 aliphatic heterocycles. The van der Waals surface area contributed by atoms with E-state index in [0.717, 1.165) is 5.82 Å². The predicted molar refractivity (Wildman–Crippen MR) is 85.7 cm³/mol. The first-order valence-corrected chi connectivity index (χ1v) is 7.99. The molecule has 2 heteroatoms. The van der Waals surface area contributed by atoms with Crippen LogP contribution in [0.15, 0.2) is 36.7 Å². The molecule has 0 aliphatic rings. The third-order valence-corrected chi connectivity index (χ3v) is 3.79. The van der Waals surface area contributed by atoms with Gasteiger partial charge >= 0.3 is 0 Å². The highest BCUT2D eigenvalue weighted by atomic mass is 14.9. The maximum atomic E-state index is 4.27. The zero-order valence-electron chi connectivity index (χ0n) is 12.6. The van der Waals surface area contributed by atoms with E-state index in [4.69, 9.17) is 0 Å². The molecule has 1 heterocycles. The average Bonchev–Trinajstić information content (AvgIpc) is 3.01. The van der Waals surface area contributed by atoms with Crippen LogP contribution in [0.25, 0.3) is 11.4 Å². The van der Waals surface area contributed by atoms with Gasteiger partial charge in [0, 0.05) is 18.0 Å². The van der Waals surface area contributed by atoms with Crippen molar-refractivity contribution in [1.82, 2.24) is 9.97 Å². The van der Waals surface area contributed by atoms with Crippen LogP contribution in [0.5, 0.6) is 0 Å². The monoisotopic (exact) mass is 270 g/mol. The highest BCUT2D eigenvalue weighted by Gasteiger charge is 2.00. The molecule has 0 atom stereocenters. The van der Waals surface area contributed by atoms with Gasteiger partial charge in [0.25, 0.3) is 0 Å². The Bertz CT molecular complexity index is 457. The van der Waals surface area contributed by atoms with E-state index in [9.17, 15) is 0 Å². The molecule has 0 bridgehead atoms. The molecule has 0 saturated heterocycles. The van der Waals surface area contributed by atoms with Crippen LogP contribution in [0.3, 0.4) is 0 Å². The van der Waals surface area contributed by atoms with Crippen molar-refractivity contribution in [3.05, 3.63) is 42.2 Å². The van der Waals surface area contributed by atoms with Crippen LogP contribution < -0.4 is 0 Å². The van der Waals surface area contributed by atoms with Gasteiger partial charge in [0.1, 0.15) is 5.82 Å². The van der Waals surface area contributed by atoms with E-state index in [2.05, 4.69) is 41.2 Å². The highest BCUT2D eigenvalue weighted by Crippen LogP contribution is 2.16. The number of nitrogens with one attached hydrogen (secondary N) is 1. The zero-order chi connectivity index (χ0) is 14.0. The summed E-state index contributed by atoms with van der Waals surface area (Å²) >= 11 is 0. The Balaban J connectivity index is 1.67. The highest BCUT2D eigenvalue weighted by molar-refractivity contribution is 5.55. The maximum absolute atomic E-state index is 4.27. The van der Waals surface area contributed by atoms with E-state index in [1.807, 2.05) is 6.20 Å². The van der Waals surface area contributed by atoms with Crippen LogP contribution in [0.1, 0.15) is 57.4 Å². The van der Waals surface area contributed by atoms with Gasteiger partial charge in [0.2, 0.25) is 0 Å². The van der Waals surface area contributed by atoms with Crippen molar-refractivity contribution < 1.29 is 0 Å². The number of H-pyrrole nitrogens is 1. The SMILES string of the molecule is CCCCCCCCCc1ccc(-c2ncc[nH]2)cc1. The third kappa shape index (κ3) is 4.84. The van der Waals surface area contributed by atoms with Crippen LogP contribution >= 0.6 is 0 Å². The molecule has 0 amide bonds. The quantitative estimate of drug-likeness (QED) is 0.610. The Morgan fingerprint density at radius 3 is 2.25 bits per heavy atom. The van der Waals surface area contributed by atoms with E-state index < -0.39 is 0 Å². The fraction of sp³-hybridized carbons (Fsp3) is 0.500. The van der Waals surface area contributed by atoms with E-state index in [1.165, 1.54) is 62.5 Å². The van der Waals surface area contributed by atoms with Crippen molar-refractivity contribution in [3.8, 4) is 11.4 Å². The van der Waals surface area contributed by atoms with Crippen molar-refractivity contribution in [2.24, 2.45) is 0 Å². The number of imidazole rings is 1. The molecule has 20 heavy (non-hydrogen) atoms. The molecule has 0 saturated carbocycles. The Hall–Kier alpha value is -1.57. The number of benzene rings is 1. The summed E-state index contributed by atoms with van der Waals surface area (Å²) in [5, 5.41) is 0. The van der Waals surface area contributed by atoms with Crippen molar-refractivity contribution >= 4 is 0 Å². The van der Waals surface area contributed by atoms with Crippen LogP contribution in [-0.2, 0) is 6.42 Å². The minimum absolute atomic E-state index is 0.951. The summed E-state index contributed by atoms with van der Waals surface area (Å²) in [5.41, 5.74) is 2.60. The second-order valence-electron chi connectivity index (χ2n) is 5.51. The lowest BCUT2D eigenvalue weighted by atomic mass is 10.0. The molecule has 0 unspecified atom stereocenters. The first-order valence-electron chi connectivity index (χ1n) is 7.99. The summed E-state index contributed by atoms with van der Waals surface area (Å²) in [6.07, 6.45) is 14.5. The first-order chi connectivity index (χ1) is 9.90. The van der Waals surface area contributed by atoms with Gasteiger partial charge in [-0.15, -0.1) is 0 Å². The Kier molecular flexibility index (Phi) is 6.36. The smallest absolute Gasteiger partial charge is 0.137 e. The summed E-state index contributed by atoms with van der Waals surface area (Å²) in [7, 11) is 0. The van der Waals surface area contributed by atoms with Gasteiger partial charge in [-0.1, -0.05) is 69.7 Å². The van der Waals surface area contributed by atoms with Gasteiger partial charge in [0.15, 0.2) is 0 Å². The summed E-state index contributed by atoms with van der Waals surface area (Å²) in [6.45, 7) is 2.27. The van der Waals surface area contributed by atoms with Gasteiger partial charge in [0.05, 0.1) is 0 Å². The summed E-state index contributed by atoms with van der Waals surface area (Å²) in [5.74, 6) is 0.951. The third-order valence-electron chi connectivity index (χ3n) is 3.79. The number of hydrogen-bond donors (Lipinski definition) is 1. The molecular formula is C18H26N2. The van der Waals surface area contributed by atoms with Gasteiger partial charge in [-0.3, -0.25) is 0 Å². The van der Waals surface area contributed by atoms with Crippen molar-refractivity contribution in [2.75, 3.05) is 0 Å². The fourth-order valence-corrected chi connectivity index (χ4v) is 2.54. The molecule has 2 nitrogen and oxygen atoms in total. The lowest BCUT2D eigenvalue weighted by molar-refractivity contribution is 0.589. The van der Waals surface area contributed by atoms with Crippen molar-refractivity contribution in [2.45, 2.75) is 58.3 Å². The molecule has 2 aromatic rings. The van der Waals surface area contributed by atoms with Crippen LogP contribution in [0.4, 0.5) is 0 Å². The molecule has 1 N–H and O–H groups in total. The molecule has 0 spiro atoms. The van der Waals surface area contributed by atoms with Crippen molar-refractivity contribution in [3.63, 3.8) is 0 Å². The number of hydrogen-bond acceptors (Lipinski definition) is 1. The van der Waals surface area contributed by atoms with Crippen LogP contribution in [0.2, 0.25) is 0 Å². The maximum Gasteiger partial charge on any atom is 0.137 e. The predicted octanol–water partition coefficient (Wildman–Crippen LogP) is 5.37. The molecule has 108 valence electrons. The number of nitrogens with zero attached hydrogens (tertiary/aromatic N) is 1. The van der Waals surface area contributed by atoms with E-state index >= 15 is 0 Å². The summed E-state index contributed by atoms with van der Waals surface area (Å²) in [6, 6.07) is 8.79. The van der Waals surface area contributed by atoms with E-state index in [0.29, 0.717) is 0 Å². The Labute approximate surface area is 122 Å². The van der Waals surface area contributed by atoms with Gasteiger partial charge in [-0.25, -0.2) is 4.98 Å². The van der Waals surface area contributed by atoms with Crippen LogP contribution in [0, 0.1) is 0 Å². The lowest BCUT2D eigenvalue weighted by Gasteiger charge is -2.03. The van der Waals surface area contributed by atoms with E-state index in [1.54, 1.807) is 6.20 Å². The number of unbranched alkanes of at least 4 members (excludes halogenated alkanes) is 6. The molecular weight excluding hydrogens is 244 g/mol. The van der Waals surface area contributed by atoms with Crippen LogP contribution in [-0.4, -0.2) is 9.97 Å². The largest absolute Gasteiger partial charge is 0.345 e. The van der Waals surface area contributed by atoms with Gasteiger partial charge < -0.3 is 4.98 Å². The number of aromatic nitrogens is 2. The minimum atomic E-state index is 0.951. The normalized spacial score (nSPS) is 10.8. The minimum Gasteiger partial charge on any atom is -0.345 e.